The molecule has 2 aromatic carbocycles. The number of amides is 1. The summed E-state index contributed by atoms with van der Waals surface area (Å²) in [6, 6.07) is 11.1. The van der Waals surface area contributed by atoms with Crippen LogP contribution in [0.2, 0.25) is 5.02 Å². The minimum Gasteiger partial charge on any atom is -0.493 e. The van der Waals surface area contributed by atoms with Gasteiger partial charge in [-0.05, 0) is 30.3 Å². The maximum absolute atomic E-state index is 11.9. The van der Waals surface area contributed by atoms with Crippen molar-refractivity contribution >= 4 is 29.2 Å². The Bertz CT molecular complexity index is 732. The molecule has 0 saturated heterocycles. The first kappa shape index (κ1) is 16.6. The molecule has 6 nitrogen and oxygen atoms in total. The fourth-order valence-electron chi connectivity index (χ4n) is 1.85. The zero-order chi connectivity index (χ0) is 16.8. The summed E-state index contributed by atoms with van der Waals surface area (Å²) in [7, 11) is 1.50. The molecule has 23 heavy (non-hydrogen) atoms. The average Bonchev–Trinajstić information content (AvgIpc) is 2.54. The van der Waals surface area contributed by atoms with E-state index in [1.165, 1.54) is 25.3 Å². The quantitative estimate of drug-likeness (QED) is 0.847. The number of anilines is 1. The van der Waals surface area contributed by atoms with Crippen LogP contribution in [0.25, 0.3) is 0 Å². The molecule has 0 spiro atoms. The molecule has 0 radical (unpaired) electrons. The Morgan fingerprint density at radius 3 is 2.52 bits per heavy atom. The number of carboxylic acids is 1. The van der Waals surface area contributed by atoms with E-state index in [-0.39, 0.29) is 17.2 Å². The normalized spacial score (nSPS) is 10.0. The summed E-state index contributed by atoms with van der Waals surface area (Å²) >= 11 is 5.77. The minimum atomic E-state index is -1.17. The van der Waals surface area contributed by atoms with Crippen LogP contribution < -0.4 is 14.8 Å². The van der Waals surface area contributed by atoms with Gasteiger partial charge in [-0.2, -0.15) is 0 Å². The average molecular weight is 336 g/mol. The van der Waals surface area contributed by atoms with Crippen LogP contribution in [-0.2, 0) is 4.79 Å². The van der Waals surface area contributed by atoms with Crippen molar-refractivity contribution in [2.75, 3.05) is 19.0 Å². The van der Waals surface area contributed by atoms with E-state index in [0.29, 0.717) is 17.2 Å². The van der Waals surface area contributed by atoms with Crippen LogP contribution in [0.1, 0.15) is 10.4 Å². The second kappa shape index (κ2) is 7.51. The number of methoxy groups -OCH3 is 1. The second-order valence-corrected chi connectivity index (χ2v) is 4.89. The van der Waals surface area contributed by atoms with Crippen LogP contribution in [0.3, 0.4) is 0 Å². The lowest BCUT2D eigenvalue weighted by atomic mass is 10.2. The highest BCUT2D eigenvalue weighted by atomic mass is 35.5. The van der Waals surface area contributed by atoms with Gasteiger partial charge in [0.25, 0.3) is 5.91 Å². The summed E-state index contributed by atoms with van der Waals surface area (Å²) < 4.78 is 10.5. The monoisotopic (exact) mass is 335 g/mol. The summed E-state index contributed by atoms with van der Waals surface area (Å²) in [4.78, 5) is 22.9. The van der Waals surface area contributed by atoms with Gasteiger partial charge in [0.1, 0.15) is 0 Å². The highest BCUT2D eigenvalue weighted by Gasteiger charge is 2.12. The van der Waals surface area contributed by atoms with Crippen LogP contribution in [0, 0.1) is 0 Å². The highest BCUT2D eigenvalue weighted by molar-refractivity contribution is 6.33. The molecule has 0 aromatic heterocycles. The summed E-state index contributed by atoms with van der Waals surface area (Å²) in [6.07, 6.45) is 0. The second-order valence-electron chi connectivity index (χ2n) is 4.49. The Morgan fingerprint density at radius 1 is 1.17 bits per heavy atom. The molecule has 0 bridgehead atoms. The third-order valence-electron chi connectivity index (χ3n) is 2.91. The number of para-hydroxylation sites is 2. The number of hydrogen-bond donors (Lipinski definition) is 2. The van der Waals surface area contributed by atoms with Crippen molar-refractivity contribution in [2.45, 2.75) is 0 Å². The summed E-state index contributed by atoms with van der Waals surface area (Å²) in [6.45, 7) is -0.245. The number of carboxylic acid groups (broad SMARTS) is 1. The van der Waals surface area contributed by atoms with E-state index >= 15 is 0 Å². The van der Waals surface area contributed by atoms with E-state index < -0.39 is 11.9 Å². The molecule has 0 aliphatic heterocycles. The first-order valence-corrected chi connectivity index (χ1v) is 6.97. The van der Waals surface area contributed by atoms with Crippen LogP contribution in [0.4, 0.5) is 5.69 Å². The number of carbonyl (C=O) groups is 2. The lowest BCUT2D eigenvalue weighted by molar-refractivity contribution is -0.118. The zero-order valence-corrected chi connectivity index (χ0v) is 13.0. The molecule has 0 fully saturated rings. The molecule has 0 atom stereocenters. The lowest BCUT2D eigenvalue weighted by Gasteiger charge is -2.11. The van der Waals surface area contributed by atoms with Crippen molar-refractivity contribution in [3.05, 3.63) is 53.1 Å². The number of aromatic carboxylic acids is 1. The zero-order valence-electron chi connectivity index (χ0n) is 12.2. The molecule has 0 aliphatic rings. The van der Waals surface area contributed by atoms with E-state index in [1.54, 1.807) is 24.3 Å². The van der Waals surface area contributed by atoms with Gasteiger partial charge in [0, 0.05) is 5.69 Å². The van der Waals surface area contributed by atoms with Crippen molar-refractivity contribution < 1.29 is 24.2 Å². The molecule has 2 aromatic rings. The third-order valence-corrected chi connectivity index (χ3v) is 3.24. The molecule has 0 saturated carbocycles. The molecule has 0 unspecified atom stereocenters. The number of nitrogens with one attached hydrogen (secondary N) is 1. The summed E-state index contributed by atoms with van der Waals surface area (Å²) in [5.74, 6) is -0.654. The molecule has 0 aliphatic carbocycles. The van der Waals surface area contributed by atoms with Gasteiger partial charge in [-0.3, -0.25) is 4.79 Å². The highest BCUT2D eigenvalue weighted by Crippen LogP contribution is 2.25. The third kappa shape index (κ3) is 4.37. The largest absolute Gasteiger partial charge is 0.493 e. The van der Waals surface area contributed by atoms with Crippen molar-refractivity contribution in [3.8, 4) is 11.5 Å². The van der Waals surface area contributed by atoms with Gasteiger partial charge in [-0.25, -0.2) is 4.79 Å². The fraction of sp³-hybridized carbons (Fsp3) is 0.125. The van der Waals surface area contributed by atoms with E-state index in [4.69, 9.17) is 26.2 Å². The first-order chi connectivity index (χ1) is 11.0. The molecule has 120 valence electrons. The van der Waals surface area contributed by atoms with Crippen LogP contribution in [0.5, 0.6) is 11.5 Å². The Hall–Kier alpha value is -2.73. The smallest absolute Gasteiger partial charge is 0.337 e. The topological polar surface area (TPSA) is 84.9 Å². The van der Waals surface area contributed by atoms with Crippen LogP contribution in [-0.4, -0.2) is 30.7 Å². The fourth-order valence-corrected chi connectivity index (χ4v) is 2.04. The SMILES string of the molecule is COc1ccccc1OCC(=O)Nc1ccc(Cl)c(C(=O)O)c1. The number of ether oxygens (including phenoxy) is 2. The van der Waals surface area contributed by atoms with Crippen molar-refractivity contribution in [2.24, 2.45) is 0 Å². The van der Waals surface area contributed by atoms with Crippen LogP contribution in [0.15, 0.2) is 42.5 Å². The van der Waals surface area contributed by atoms with E-state index in [1.807, 2.05) is 0 Å². The lowest BCUT2D eigenvalue weighted by Crippen LogP contribution is -2.20. The van der Waals surface area contributed by atoms with Crippen molar-refractivity contribution in [1.29, 1.82) is 0 Å². The molecule has 2 rings (SSSR count). The van der Waals surface area contributed by atoms with Gasteiger partial charge in [-0.15, -0.1) is 0 Å². The van der Waals surface area contributed by atoms with Gasteiger partial charge in [0.15, 0.2) is 18.1 Å². The van der Waals surface area contributed by atoms with E-state index in [2.05, 4.69) is 5.32 Å². The van der Waals surface area contributed by atoms with Crippen LogP contribution >= 0.6 is 11.6 Å². The van der Waals surface area contributed by atoms with Gasteiger partial charge in [-0.1, -0.05) is 23.7 Å². The Morgan fingerprint density at radius 2 is 1.87 bits per heavy atom. The molecular formula is C16H14ClNO5. The summed E-state index contributed by atoms with van der Waals surface area (Å²) in [5.41, 5.74) is 0.232. The Labute approximate surface area is 137 Å². The van der Waals surface area contributed by atoms with Crippen molar-refractivity contribution in [1.82, 2.24) is 0 Å². The predicted octanol–water partition coefficient (Wildman–Crippen LogP) is 3.06. The summed E-state index contributed by atoms with van der Waals surface area (Å²) in [5, 5.41) is 11.6. The predicted molar refractivity (Wildman–Crippen MR) is 85.5 cm³/mol. The van der Waals surface area contributed by atoms with E-state index in [0.717, 1.165) is 0 Å². The maximum atomic E-state index is 11.9. The van der Waals surface area contributed by atoms with Gasteiger partial charge < -0.3 is 19.9 Å². The van der Waals surface area contributed by atoms with Gasteiger partial charge in [0.05, 0.1) is 17.7 Å². The molecule has 0 heterocycles. The molecule has 1 amide bonds. The number of benzene rings is 2. The van der Waals surface area contributed by atoms with Crippen molar-refractivity contribution in [3.63, 3.8) is 0 Å². The van der Waals surface area contributed by atoms with E-state index in [9.17, 15) is 9.59 Å². The number of rotatable bonds is 6. The number of halogens is 1. The molecule has 7 heteroatoms. The Kier molecular flexibility index (Phi) is 5.43. The first-order valence-electron chi connectivity index (χ1n) is 6.59. The van der Waals surface area contributed by atoms with Gasteiger partial charge in [0.2, 0.25) is 0 Å². The molecule has 2 N–H and O–H groups in total. The Balaban J connectivity index is 2.00. The standard InChI is InChI=1S/C16H14ClNO5/c1-22-13-4-2-3-5-14(13)23-9-15(19)18-10-6-7-12(17)11(8-10)16(20)21/h2-8H,9H2,1H3,(H,18,19)(H,20,21). The maximum Gasteiger partial charge on any atom is 0.337 e. The molecular weight excluding hydrogens is 322 g/mol. The number of hydrogen-bond acceptors (Lipinski definition) is 4. The number of carbonyl (C=O) groups excluding carboxylic acids is 1. The minimum absolute atomic E-state index is 0.0879. The van der Waals surface area contributed by atoms with Gasteiger partial charge >= 0.3 is 5.97 Å².